The Hall–Kier alpha value is -3.74. The molecule has 0 saturated carbocycles. The number of hydrogen-bond donors (Lipinski definition) is 2. The Bertz CT molecular complexity index is 1640. The predicted molar refractivity (Wildman–Crippen MR) is 142 cm³/mol. The van der Waals surface area contributed by atoms with Gasteiger partial charge in [0.1, 0.15) is 24.5 Å². The molecule has 1 saturated heterocycles. The molecule has 9 heteroatoms. The number of aromatic amines is 1. The van der Waals surface area contributed by atoms with E-state index in [1.807, 2.05) is 42.5 Å². The number of fused-ring (bicyclic) bond motifs is 2. The molecule has 0 unspecified atom stereocenters. The molecule has 1 aliphatic heterocycles. The number of anilines is 1. The molecule has 180 valence electrons. The van der Waals surface area contributed by atoms with Crippen LogP contribution in [0.4, 0.5) is 10.2 Å². The fourth-order valence-corrected chi connectivity index (χ4v) is 7.71. The van der Waals surface area contributed by atoms with Gasteiger partial charge in [-0.25, -0.2) is 24.4 Å². The molecule has 1 aliphatic rings. The van der Waals surface area contributed by atoms with Crippen LogP contribution in [0.1, 0.15) is 11.3 Å². The van der Waals surface area contributed by atoms with Crippen LogP contribution >= 0.6 is 7.49 Å². The van der Waals surface area contributed by atoms with Gasteiger partial charge in [-0.15, -0.1) is 0 Å². The minimum absolute atomic E-state index is 0.238. The molecule has 1 fully saturated rings. The van der Waals surface area contributed by atoms with E-state index in [2.05, 4.69) is 25.1 Å². The van der Waals surface area contributed by atoms with Gasteiger partial charge in [0.25, 0.3) is 5.56 Å². The maximum Gasteiger partial charge on any atom is 0.272 e. The third-order valence-corrected chi connectivity index (χ3v) is 10.0. The van der Waals surface area contributed by atoms with Gasteiger partial charge in [0, 0.05) is 17.2 Å². The van der Waals surface area contributed by atoms with E-state index in [4.69, 9.17) is 0 Å². The number of hydrogen-bond acceptors (Lipinski definition) is 6. The van der Waals surface area contributed by atoms with E-state index in [0.717, 1.165) is 27.7 Å². The molecule has 0 aliphatic carbocycles. The van der Waals surface area contributed by atoms with Crippen molar-refractivity contribution in [2.75, 3.05) is 30.3 Å². The summed E-state index contributed by atoms with van der Waals surface area (Å²) in [5, 5.41) is 9.52. The number of para-hydroxylation sites is 1. The van der Waals surface area contributed by atoms with Crippen molar-refractivity contribution in [3.8, 4) is 0 Å². The number of nitrogens with one attached hydrogen (secondary N) is 1. The van der Waals surface area contributed by atoms with E-state index in [0.29, 0.717) is 48.2 Å². The van der Waals surface area contributed by atoms with Crippen molar-refractivity contribution in [3.05, 3.63) is 100 Å². The number of H-pyrrole nitrogens is 1. The summed E-state index contributed by atoms with van der Waals surface area (Å²) < 4.78 is 15.0. The Morgan fingerprint density at radius 2 is 1.67 bits per heavy atom. The number of aromatic nitrogens is 4. The zero-order valence-corrected chi connectivity index (χ0v) is 20.3. The second-order valence-corrected chi connectivity index (χ2v) is 12.3. The highest BCUT2D eigenvalue weighted by Crippen LogP contribution is 2.55. The lowest BCUT2D eigenvalue weighted by atomic mass is 10.0. The van der Waals surface area contributed by atoms with Crippen LogP contribution in [0.5, 0.6) is 0 Å². The van der Waals surface area contributed by atoms with Crippen LogP contribution < -0.4 is 15.8 Å². The van der Waals surface area contributed by atoms with Gasteiger partial charge in [0.05, 0.1) is 29.7 Å². The van der Waals surface area contributed by atoms with Gasteiger partial charge in [0.15, 0.2) is 18.6 Å². The molecular formula is C27H24FN5O2P+. The second kappa shape index (κ2) is 9.04. The van der Waals surface area contributed by atoms with Crippen molar-refractivity contribution in [1.29, 1.82) is 0 Å². The smallest absolute Gasteiger partial charge is 0.272 e. The predicted octanol–water partition coefficient (Wildman–Crippen LogP) is 3.67. The Morgan fingerprint density at radius 3 is 2.47 bits per heavy atom. The summed E-state index contributed by atoms with van der Waals surface area (Å²) in [4.78, 5) is 34.8. The SMILES string of the molecule is O=c1[nH]nc(Cc2ccc(F)c([P+]3(O)CCN(c4ncnc5ccccc45)CC3)c2)c2ccccc12. The summed E-state index contributed by atoms with van der Waals surface area (Å²) in [6.45, 7) is 1.17. The molecule has 0 atom stereocenters. The highest BCUT2D eigenvalue weighted by molar-refractivity contribution is 7.77. The topological polar surface area (TPSA) is 95.0 Å². The van der Waals surface area contributed by atoms with Crippen molar-refractivity contribution >= 4 is 40.3 Å². The minimum atomic E-state index is -2.70. The number of rotatable bonds is 4. The van der Waals surface area contributed by atoms with Crippen LogP contribution in [-0.4, -0.2) is 50.5 Å². The maximum atomic E-state index is 15.0. The van der Waals surface area contributed by atoms with Crippen molar-refractivity contribution in [2.24, 2.45) is 0 Å². The molecule has 6 rings (SSSR count). The molecule has 3 heterocycles. The first-order valence-electron chi connectivity index (χ1n) is 11.8. The summed E-state index contributed by atoms with van der Waals surface area (Å²) in [7, 11) is -2.70. The van der Waals surface area contributed by atoms with E-state index in [9.17, 15) is 9.69 Å². The highest BCUT2D eigenvalue weighted by atomic mass is 31.2. The van der Waals surface area contributed by atoms with Gasteiger partial charge in [0.2, 0.25) is 0 Å². The van der Waals surface area contributed by atoms with Gasteiger partial charge < -0.3 is 4.90 Å². The van der Waals surface area contributed by atoms with Crippen LogP contribution in [0.3, 0.4) is 0 Å². The zero-order chi connectivity index (χ0) is 24.7. The first-order valence-corrected chi connectivity index (χ1v) is 13.9. The second-order valence-electron chi connectivity index (χ2n) is 9.08. The standard InChI is InChI=1S/C27H23FN5O2P/c28-22-10-9-18(15-24-19-5-1-2-6-20(19)27(34)32-31-24)16-25(22)36(35)13-11-33(12-14-36)26-21-7-3-4-8-23(21)29-17-30-26/h1-10,16-17,35H,11-15H2/p+1. The number of nitrogens with zero attached hydrogens (tertiary/aromatic N) is 4. The molecule has 2 aromatic heterocycles. The Balaban J connectivity index is 1.27. The number of benzene rings is 3. The van der Waals surface area contributed by atoms with E-state index in [1.54, 1.807) is 24.5 Å². The van der Waals surface area contributed by atoms with E-state index >= 15 is 4.39 Å². The minimum Gasteiger partial charge on any atom is -0.348 e. The zero-order valence-electron chi connectivity index (χ0n) is 19.4. The monoisotopic (exact) mass is 500 g/mol. The van der Waals surface area contributed by atoms with E-state index < -0.39 is 7.49 Å². The molecule has 0 bridgehead atoms. The first kappa shape index (κ1) is 22.7. The molecule has 0 radical (unpaired) electrons. The van der Waals surface area contributed by atoms with Gasteiger partial charge in [-0.05, 0) is 35.9 Å². The highest BCUT2D eigenvalue weighted by Gasteiger charge is 2.45. The number of halogens is 1. The van der Waals surface area contributed by atoms with Gasteiger partial charge in [-0.1, -0.05) is 36.4 Å². The Kier molecular flexibility index (Phi) is 5.70. The third-order valence-electron chi connectivity index (χ3n) is 6.91. The summed E-state index contributed by atoms with van der Waals surface area (Å²) in [5.41, 5.74) is 2.19. The summed E-state index contributed by atoms with van der Waals surface area (Å²) >= 11 is 0. The molecule has 2 N–H and O–H groups in total. The first-order chi connectivity index (χ1) is 17.5. The van der Waals surface area contributed by atoms with Crippen LogP contribution in [0.15, 0.2) is 77.9 Å². The lowest BCUT2D eigenvalue weighted by molar-refractivity contribution is 0.586. The van der Waals surface area contributed by atoms with Crippen molar-refractivity contribution in [2.45, 2.75) is 6.42 Å². The van der Waals surface area contributed by atoms with Crippen molar-refractivity contribution in [3.63, 3.8) is 0 Å². The van der Waals surface area contributed by atoms with E-state index in [1.165, 1.54) is 6.07 Å². The van der Waals surface area contributed by atoms with Crippen molar-refractivity contribution < 1.29 is 9.28 Å². The molecule has 0 amide bonds. The molecule has 36 heavy (non-hydrogen) atoms. The summed E-state index contributed by atoms with van der Waals surface area (Å²) in [5.74, 6) is 0.465. The van der Waals surface area contributed by atoms with Crippen LogP contribution in [0, 0.1) is 5.82 Å². The largest absolute Gasteiger partial charge is 0.348 e. The third kappa shape index (κ3) is 4.02. The fourth-order valence-electron chi connectivity index (χ4n) is 4.98. The Morgan fingerprint density at radius 1 is 0.944 bits per heavy atom. The maximum absolute atomic E-state index is 15.0. The molecule has 0 spiro atoms. The van der Waals surface area contributed by atoms with Crippen molar-refractivity contribution in [1.82, 2.24) is 20.2 Å². The van der Waals surface area contributed by atoms with E-state index in [-0.39, 0.29) is 11.4 Å². The lowest BCUT2D eigenvalue weighted by Gasteiger charge is -2.33. The van der Waals surface area contributed by atoms with Crippen LogP contribution in [0.2, 0.25) is 0 Å². The van der Waals surface area contributed by atoms with Gasteiger partial charge >= 0.3 is 0 Å². The average molecular weight is 500 g/mol. The van der Waals surface area contributed by atoms with Crippen LogP contribution in [0.25, 0.3) is 21.7 Å². The summed E-state index contributed by atoms with van der Waals surface area (Å²) in [6, 6.07) is 20.1. The van der Waals surface area contributed by atoms with Gasteiger partial charge in [-0.2, -0.15) is 5.10 Å². The fraction of sp³-hybridized carbons (Fsp3) is 0.185. The lowest BCUT2D eigenvalue weighted by Crippen LogP contribution is -2.40. The molecular weight excluding hydrogens is 476 g/mol. The van der Waals surface area contributed by atoms with Gasteiger partial charge in [-0.3, -0.25) is 4.79 Å². The quantitative estimate of drug-likeness (QED) is 0.366. The molecule has 3 aromatic carbocycles. The normalized spacial score (nSPS) is 15.4. The Labute approximate surface area is 207 Å². The van der Waals surface area contributed by atoms with Crippen LogP contribution in [-0.2, 0) is 6.42 Å². The molecule has 7 nitrogen and oxygen atoms in total. The summed E-state index contributed by atoms with van der Waals surface area (Å²) in [6.07, 6.45) is 2.94. The average Bonchev–Trinajstić information content (AvgIpc) is 2.91. The molecule has 5 aromatic rings.